The summed E-state index contributed by atoms with van der Waals surface area (Å²) in [6.45, 7) is 4.13. The lowest BCUT2D eigenvalue weighted by molar-refractivity contribution is 0.384. The van der Waals surface area contributed by atoms with E-state index in [4.69, 9.17) is 0 Å². The summed E-state index contributed by atoms with van der Waals surface area (Å²) in [6.07, 6.45) is 5.16. The Morgan fingerprint density at radius 1 is 1.42 bits per heavy atom. The molecule has 19 heavy (non-hydrogen) atoms. The maximum absolute atomic E-state index is 4.50. The Kier molecular flexibility index (Phi) is 4.96. The molecular formula is C14H25N5. The van der Waals surface area contributed by atoms with Gasteiger partial charge in [0.25, 0.3) is 0 Å². The Morgan fingerprint density at radius 3 is 2.95 bits per heavy atom. The van der Waals surface area contributed by atoms with Gasteiger partial charge in [-0.15, -0.1) is 0 Å². The van der Waals surface area contributed by atoms with Crippen molar-refractivity contribution in [3.63, 3.8) is 0 Å². The molecule has 0 aliphatic carbocycles. The van der Waals surface area contributed by atoms with E-state index in [9.17, 15) is 0 Å². The molecule has 2 heterocycles. The summed E-state index contributed by atoms with van der Waals surface area (Å²) in [5.74, 6) is 2.68. The second-order valence-corrected chi connectivity index (χ2v) is 5.27. The van der Waals surface area contributed by atoms with Crippen molar-refractivity contribution < 1.29 is 0 Å². The molecule has 2 N–H and O–H groups in total. The molecule has 0 amide bonds. The van der Waals surface area contributed by atoms with Crippen LogP contribution < -0.4 is 15.5 Å². The van der Waals surface area contributed by atoms with Crippen molar-refractivity contribution in [2.24, 2.45) is 0 Å². The van der Waals surface area contributed by atoms with Crippen LogP contribution in [0.1, 0.15) is 31.5 Å². The quantitative estimate of drug-likeness (QED) is 0.848. The minimum atomic E-state index is 0.669. The lowest BCUT2D eigenvalue weighted by Crippen LogP contribution is -2.36. The average Bonchev–Trinajstić information content (AvgIpc) is 2.45. The van der Waals surface area contributed by atoms with E-state index in [0.717, 1.165) is 24.0 Å². The summed E-state index contributed by atoms with van der Waals surface area (Å²) in [7, 11) is 3.99. The fourth-order valence-electron chi connectivity index (χ4n) is 2.51. The fourth-order valence-corrected chi connectivity index (χ4v) is 2.51. The van der Waals surface area contributed by atoms with E-state index in [1.165, 1.54) is 32.2 Å². The molecule has 1 unspecified atom stereocenters. The second kappa shape index (κ2) is 6.70. The normalized spacial score (nSPS) is 19.2. The van der Waals surface area contributed by atoms with Crippen LogP contribution >= 0.6 is 0 Å². The number of nitrogens with zero attached hydrogens (tertiary/aromatic N) is 3. The number of piperidine rings is 1. The molecule has 1 aromatic rings. The van der Waals surface area contributed by atoms with Crippen molar-refractivity contribution >= 4 is 11.6 Å². The number of aromatic nitrogens is 2. The van der Waals surface area contributed by atoms with Gasteiger partial charge in [-0.2, -0.15) is 0 Å². The summed E-state index contributed by atoms with van der Waals surface area (Å²) in [5, 5.41) is 6.67. The molecule has 0 spiro atoms. The topological polar surface area (TPSA) is 53.1 Å². The molecule has 1 aliphatic rings. The number of aryl methyl sites for hydroxylation is 1. The number of rotatable bonds is 5. The standard InChI is InChI=1S/C14H25N5/c1-11-17-13(15-2)10-14(18-11)19(3)9-7-12-6-4-5-8-16-12/h10,12,16H,4-9H2,1-3H3,(H,15,17,18). The zero-order chi connectivity index (χ0) is 13.7. The van der Waals surface area contributed by atoms with E-state index in [1.807, 2.05) is 20.0 Å². The number of anilines is 2. The van der Waals surface area contributed by atoms with Gasteiger partial charge in [0.2, 0.25) is 0 Å². The highest BCUT2D eigenvalue weighted by Gasteiger charge is 2.14. The van der Waals surface area contributed by atoms with Gasteiger partial charge in [-0.1, -0.05) is 6.42 Å². The molecular weight excluding hydrogens is 238 g/mol. The van der Waals surface area contributed by atoms with E-state index >= 15 is 0 Å². The summed E-state index contributed by atoms with van der Waals surface area (Å²) in [5.41, 5.74) is 0. The molecule has 106 valence electrons. The summed E-state index contributed by atoms with van der Waals surface area (Å²) in [6, 6.07) is 2.67. The Bertz CT molecular complexity index is 401. The largest absolute Gasteiger partial charge is 0.373 e. The molecule has 1 aliphatic heterocycles. The molecule has 0 saturated carbocycles. The monoisotopic (exact) mass is 263 g/mol. The van der Waals surface area contributed by atoms with E-state index in [-0.39, 0.29) is 0 Å². The van der Waals surface area contributed by atoms with Crippen LogP contribution in [-0.4, -0.2) is 43.2 Å². The van der Waals surface area contributed by atoms with Crippen LogP contribution in [0, 0.1) is 6.92 Å². The zero-order valence-corrected chi connectivity index (χ0v) is 12.2. The number of nitrogens with one attached hydrogen (secondary N) is 2. The van der Waals surface area contributed by atoms with E-state index < -0.39 is 0 Å². The predicted octanol–water partition coefficient (Wildman–Crippen LogP) is 1.80. The highest BCUT2D eigenvalue weighted by molar-refractivity contribution is 5.48. The third-order valence-electron chi connectivity index (χ3n) is 3.70. The molecule has 2 rings (SSSR count). The maximum Gasteiger partial charge on any atom is 0.134 e. The van der Waals surface area contributed by atoms with Crippen molar-refractivity contribution in [2.75, 3.05) is 37.4 Å². The van der Waals surface area contributed by atoms with Crippen LogP contribution in [0.25, 0.3) is 0 Å². The average molecular weight is 263 g/mol. The number of hydrogen-bond acceptors (Lipinski definition) is 5. The maximum atomic E-state index is 4.50. The van der Waals surface area contributed by atoms with Gasteiger partial charge in [0.05, 0.1) is 0 Å². The van der Waals surface area contributed by atoms with Gasteiger partial charge in [0.1, 0.15) is 17.5 Å². The zero-order valence-electron chi connectivity index (χ0n) is 12.2. The lowest BCUT2D eigenvalue weighted by Gasteiger charge is -2.26. The van der Waals surface area contributed by atoms with Gasteiger partial charge < -0.3 is 15.5 Å². The van der Waals surface area contributed by atoms with Gasteiger partial charge in [0, 0.05) is 32.7 Å². The first kappa shape index (κ1) is 14.1. The van der Waals surface area contributed by atoms with Crippen molar-refractivity contribution in [1.29, 1.82) is 0 Å². The molecule has 5 heteroatoms. The third-order valence-corrected chi connectivity index (χ3v) is 3.70. The first-order valence-corrected chi connectivity index (χ1v) is 7.17. The molecule has 1 fully saturated rings. The van der Waals surface area contributed by atoms with Crippen molar-refractivity contribution in [1.82, 2.24) is 15.3 Å². The minimum absolute atomic E-state index is 0.669. The van der Waals surface area contributed by atoms with Crippen molar-refractivity contribution in [2.45, 2.75) is 38.6 Å². The van der Waals surface area contributed by atoms with Crippen LogP contribution in [0.5, 0.6) is 0 Å². The Hall–Kier alpha value is -1.36. The summed E-state index contributed by atoms with van der Waals surface area (Å²) >= 11 is 0. The van der Waals surface area contributed by atoms with Crippen molar-refractivity contribution in [3.8, 4) is 0 Å². The molecule has 1 aromatic heterocycles. The summed E-state index contributed by atoms with van der Waals surface area (Å²) in [4.78, 5) is 11.0. The first-order chi connectivity index (χ1) is 9.19. The second-order valence-electron chi connectivity index (χ2n) is 5.27. The van der Waals surface area contributed by atoms with Crippen molar-refractivity contribution in [3.05, 3.63) is 11.9 Å². The van der Waals surface area contributed by atoms with Gasteiger partial charge in [-0.25, -0.2) is 9.97 Å². The molecule has 1 atom stereocenters. The summed E-state index contributed by atoms with van der Waals surface area (Å²) < 4.78 is 0. The Morgan fingerprint density at radius 2 is 2.26 bits per heavy atom. The van der Waals surface area contributed by atoms with Gasteiger partial charge in [-0.05, 0) is 32.7 Å². The molecule has 5 nitrogen and oxygen atoms in total. The van der Waals surface area contributed by atoms with Crippen LogP contribution in [0.4, 0.5) is 11.6 Å². The van der Waals surface area contributed by atoms with Crippen LogP contribution in [0.15, 0.2) is 6.07 Å². The van der Waals surface area contributed by atoms with E-state index in [1.54, 1.807) is 0 Å². The first-order valence-electron chi connectivity index (χ1n) is 7.17. The smallest absolute Gasteiger partial charge is 0.134 e. The van der Waals surface area contributed by atoms with Crippen LogP contribution in [-0.2, 0) is 0 Å². The molecule has 1 saturated heterocycles. The van der Waals surface area contributed by atoms with Crippen LogP contribution in [0.3, 0.4) is 0 Å². The fraction of sp³-hybridized carbons (Fsp3) is 0.714. The highest BCUT2D eigenvalue weighted by atomic mass is 15.2. The van der Waals surface area contributed by atoms with E-state index in [0.29, 0.717) is 6.04 Å². The van der Waals surface area contributed by atoms with Gasteiger partial charge >= 0.3 is 0 Å². The lowest BCUT2D eigenvalue weighted by atomic mass is 10.0. The molecule has 0 aromatic carbocycles. The Labute approximate surface area is 115 Å². The molecule has 0 bridgehead atoms. The van der Waals surface area contributed by atoms with Crippen LogP contribution in [0.2, 0.25) is 0 Å². The predicted molar refractivity (Wildman–Crippen MR) is 79.8 cm³/mol. The minimum Gasteiger partial charge on any atom is -0.373 e. The highest BCUT2D eigenvalue weighted by Crippen LogP contribution is 2.16. The number of hydrogen-bond donors (Lipinski definition) is 2. The SMILES string of the molecule is CNc1cc(N(C)CCC2CCCCN2)nc(C)n1. The molecule has 0 radical (unpaired) electrons. The van der Waals surface area contributed by atoms with E-state index in [2.05, 4.69) is 32.5 Å². The van der Waals surface area contributed by atoms with Gasteiger partial charge in [0.15, 0.2) is 0 Å². The Balaban J connectivity index is 1.91. The van der Waals surface area contributed by atoms with Gasteiger partial charge in [-0.3, -0.25) is 0 Å². The third kappa shape index (κ3) is 4.06.